The lowest BCUT2D eigenvalue weighted by atomic mass is 9.90. The number of ether oxygens (including phenoxy) is 2. The lowest BCUT2D eigenvalue weighted by Gasteiger charge is -2.33. The maximum absolute atomic E-state index is 13.3. The third-order valence-corrected chi connectivity index (χ3v) is 6.66. The number of alkyl halides is 6. The molecule has 1 aliphatic rings. The molecule has 1 aliphatic heterocycles. The summed E-state index contributed by atoms with van der Waals surface area (Å²) in [5.41, 5.74) is -6.72. The predicted octanol–water partition coefficient (Wildman–Crippen LogP) is 5.28. The molecule has 220 valence electrons. The second-order valence-corrected chi connectivity index (χ2v) is 9.72. The number of amides is 3. The molecule has 7 nitrogen and oxygen atoms in total. The SMILES string of the molecule is CCCc1cc(C(O)(C(F)(F)F)C(F)(F)F)ccc1OCCCN1C(=O)NC(C)(Cc2ccc(OC)cc2)C1=O. The number of methoxy groups -OCH3 is 1. The number of carbonyl (C=O) groups excluding carboxylic acids is 2. The number of aryl methyl sites for hydroxylation is 1. The highest BCUT2D eigenvalue weighted by atomic mass is 19.4. The number of halogens is 6. The first-order valence-electron chi connectivity index (χ1n) is 12.5. The number of urea groups is 1. The molecule has 40 heavy (non-hydrogen) atoms. The van der Waals surface area contributed by atoms with E-state index in [9.17, 15) is 41.0 Å². The minimum absolute atomic E-state index is 0.0219. The van der Waals surface area contributed by atoms with Gasteiger partial charge in [-0.2, -0.15) is 26.3 Å². The second-order valence-electron chi connectivity index (χ2n) is 9.72. The van der Waals surface area contributed by atoms with Crippen LogP contribution in [0.1, 0.15) is 43.4 Å². The largest absolute Gasteiger partial charge is 0.497 e. The molecule has 13 heteroatoms. The Kier molecular flexibility index (Phi) is 8.97. The summed E-state index contributed by atoms with van der Waals surface area (Å²) in [6.45, 7) is 3.18. The zero-order valence-corrected chi connectivity index (χ0v) is 22.1. The molecule has 3 rings (SSSR count). The van der Waals surface area contributed by atoms with E-state index in [2.05, 4.69) is 5.32 Å². The molecule has 0 saturated carbocycles. The third kappa shape index (κ3) is 6.13. The highest BCUT2D eigenvalue weighted by Gasteiger charge is 2.71. The van der Waals surface area contributed by atoms with Gasteiger partial charge in [-0.25, -0.2) is 4.79 Å². The number of imide groups is 1. The summed E-state index contributed by atoms with van der Waals surface area (Å²) in [6, 6.07) is 8.56. The predicted molar refractivity (Wildman–Crippen MR) is 132 cm³/mol. The molecule has 1 heterocycles. The molecular formula is C27H30F6N2O5. The van der Waals surface area contributed by atoms with Crippen LogP contribution in [0.2, 0.25) is 0 Å². The number of aliphatic hydroxyl groups is 1. The monoisotopic (exact) mass is 576 g/mol. The van der Waals surface area contributed by atoms with Crippen LogP contribution < -0.4 is 14.8 Å². The van der Waals surface area contributed by atoms with E-state index in [0.717, 1.165) is 16.5 Å². The van der Waals surface area contributed by atoms with Gasteiger partial charge in [0.05, 0.1) is 13.7 Å². The number of rotatable bonds is 11. The maximum atomic E-state index is 13.3. The van der Waals surface area contributed by atoms with E-state index in [0.29, 0.717) is 24.3 Å². The fourth-order valence-corrected chi connectivity index (χ4v) is 4.52. The van der Waals surface area contributed by atoms with Crippen molar-refractivity contribution in [3.05, 3.63) is 59.2 Å². The molecular weight excluding hydrogens is 546 g/mol. The topological polar surface area (TPSA) is 88.1 Å². The lowest BCUT2D eigenvalue weighted by molar-refractivity contribution is -0.376. The molecule has 3 amide bonds. The summed E-state index contributed by atoms with van der Waals surface area (Å²) in [7, 11) is 1.53. The van der Waals surface area contributed by atoms with E-state index in [1.165, 1.54) is 7.11 Å². The number of carbonyl (C=O) groups is 2. The summed E-state index contributed by atoms with van der Waals surface area (Å²) in [5, 5.41) is 12.4. The molecule has 1 fully saturated rings. The smallest absolute Gasteiger partial charge is 0.430 e. The van der Waals surface area contributed by atoms with Gasteiger partial charge in [-0.1, -0.05) is 31.5 Å². The van der Waals surface area contributed by atoms with Crippen molar-refractivity contribution in [2.75, 3.05) is 20.3 Å². The Morgan fingerprint density at radius 2 is 1.62 bits per heavy atom. The molecule has 1 saturated heterocycles. The number of nitrogens with one attached hydrogen (secondary N) is 1. The minimum Gasteiger partial charge on any atom is -0.497 e. The number of nitrogens with zero attached hydrogens (tertiary/aromatic N) is 1. The highest BCUT2D eigenvalue weighted by molar-refractivity contribution is 6.06. The van der Waals surface area contributed by atoms with Crippen molar-refractivity contribution < 1.29 is 50.5 Å². The van der Waals surface area contributed by atoms with Gasteiger partial charge in [0.15, 0.2) is 0 Å². The Balaban J connectivity index is 1.66. The molecule has 0 aliphatic carbocycles. The van der Waals surface area contributed by atoms with Crippen molar-refractivity contribution in [2.45, 2.75) is 63.0 Å². The summed E-state index contributed by atoms with van der Waals surface area (Å²) in [4.78, 5) is 26.6. The summed E-state index contributed by atoms with van der Waals surface area (Å²) in [6.07, 6.45) is -11.1. The van der Waals surface area contributed by atoms with Gasteiger partial charge in [0.25, 0.3) is 11.5 Å². The van der Waals surface area contributed by atoms with Crippen LogP contribution in [0.3, 0.4) is 0 Å². The standard InChI is InChI=1S/C27H30F6N2O5/c1-4-6-18-15-19(25(38,26(28,29)30)27(31,32)33)9-12-21(18)40-14-5-13-35-22(36)24(2,34-23(35)37)16-17-7-10-20(39-3)11-8-17/h7-12,15,38H,4-6,13-14,16H2,1-3H3,(H,34,37). The van der Waals surface area contributed by atoms with Crippen LogP contribution in [0.25, 0.3) is 0 Å². The number of benzene rings is 2. The Morgan fingerprint density at radius 3 is 2.17 bits per heavy atom. The van der Waals surface area contributed by atoms with Crippen LogP contribution in [-0.2, 0) is 23.2 Å². The van der Waals surface area contributed by atoms with E-state index in [4.69, 9.17) is 9.47 Å². The third-order valence-electron chi connectivity index (χ3n) is 6.66. The molecule has 2 aromatic rings. The van der Waals surface area contributed by atoms with Gasteiger partial charge < -0.3 is 19.9 Å². The molecule has 0 radical (unpaired) electrons. The molecule has 1 atom stereocenters. The summed E-state index contributed by atoms with van der Waals surface area (Å²) in [5.74, 6) is 0.243. The summed E-state index contributed by atoms with van der Waals surface area (Å²) >= 11 is 0. The van der Waals surface area contributed by atoms with Crippen molar-refractivity contribution in [3.8, 4) is 11.5 Å². The van der Waals surface area contributed by atoms with Crippen LogP contribution in [0.15, 0.2) is 42.5 Å². The van der Waals surface area contributed by atoms with E-state index in [1.807, 2.05) is 0 Å². The second kappa shape index (κ2) is 11.6. The first kappa shape index (κ1) is 31.1. The Morgan fingerprint density at radius 1 is 1.00 bits per heavy atom. The Hall–Kier alpha value is -3.48. The zero-order valence-electron chi connectivity index (χ0n) is 22.1. The maximum Gasteiger partial charge on any atom is 0.430 e. The first-order chi connectivity index (χ1) is 18.6. The van der Waals surface area contributed by atoms with Gasteiger partial charge in [0, 0.05) is 18.5 Å². The van der Waals surface area contributed by atoms with Gasteiger partial charge >= 0.3 is 18.4 Å². The number of hydrogen-bond donors (Lipinski definition) is 2. The van der Waals surface area contributed by atoms with Crippen molar-refractivity contribution >= 4 is 11.9 Å². The molecule has 1 unspecified atom stereocenters. The molecule has 0 aromatic heterocycles. The number of hydrogen-bond acceptors (Lipinski definition) is 5. The molecule has 0 spiro atoms. The molecule has 2 N–H and O–H groups in total. The molecule has 2 aromatic carbocycles. The van der Waals surface area contributed by atoms with Crippen LogP contribution in [-0.4, -0.2) is 60.1 Å². The van der Waals surface area contributed by atoms with Crippen LogP contribution in [0, 0.1) is 0 Å². The first-order valence-corrected chi connectivity index (χ1v) is 12.5. The van der Waals surface area contributed by atoms with Gasteiger partial charge in [0.1, 0.15) is 17.0 Å². The summed E-state index contributed by atoms with van der Waals surface area (Å²) < 4.78 is 90.5. The van der Waals surface area contributed by atoms with Crippen molar-refractivity contribution in [1.29, 1.82) is 0 Å². The van der Waals surface area contributed by atoms with Crippen LogP contribution >= 0.6 is 0 Å². The normalized spacial score (nSPS) is 18.2. The van der Waals surface area contributed by atoms with Crippen LogP contribution in [0.5, 0.6) is 11.5 Å². The zero-order chi connectivity index (χ0) is 29.9. The van der Waals surface area contributed by atoms with Crippen molar-refractivity contribution in [3.63, 3.8) is 0 Å². The van der Waals surface area contributed by atoms with Gasteiger partial charge in [-0.15, -0.1) is 0 Å². The Bertz CT molecular complexity index is 1200. The average Bonchev–Trinajstić information content (AvgIpc) is 3.08. The van der Waals surface area contributed by atoms with Crippen LogP contribution in [0.4, 0.5) is 31.1 Å². The van der Waals surface area contributed by atoms with E-state index < -0.39 is 41.0 Å². The fraction of sp³-hybridized carbons (Fsp3) is 0.481. The average molecular weight is 577 g/mol. The van der Waals surface area contributed by atoms with Gasteiger partial charge in [-0.3, -0.25) is 9.69 Å². The highest BCUT2D eigenvalue weighted by Crippen LogP contribution is 2.50. The van der Waals surface area contributed by atoms with E-state index in [1.54, 1.807) is 38.1 Å². The van der Waals surface area contributed by atoms with Gasteiger partial charge in [0.2, 0.25) is 0 Å². The quantitative estimate of drug-likeness (QED) is 0.216. The fourth-order valence-electron chi connectivity index (χ4n) is 4.52. The Labute approximate surface area is 227 Å². The minimum atomic E-state index is -6.00. The molecule has 0 bridgehead atoms. The van der Waals surface area contributed by atoms with Crippen molar-refractivity contribution in [1.82, 2.24) is 10.2 Å². The van der Waals surface area contributed by atoms with E-state index >= 15 is 0 Å². The van der Waals surface area contributed by atoms with Crippen molar-refractivity contribution in [2.24, 2.45) is 0 Å². The lowest BCUT2D eigenvalue weighted by Crippen LogP contribution is -2.53. The van der Waals surface area contributed by atoms with E-state index in [-0.39, 0.29) is 43.7 Å². The van der Waals surface area contributed by atoms with Gasteiger partial charge in [-0.05, 0) is 55.2 Å².